The summed E-state index contributed by atoms with van der Waals surface area (Å²) >= 11 is 0. The van der Waals surface area contributed by atoms with Gasteiger partial charge in [0.1, 0.15) is 0 Å². The van der Waals surface area contributed by atoms with Crippen LogP contribution in [-0.4, -0.2) is 18.0 Å². The van der Waals surface area contributed by atoms with E-state index in [0.717, 1.165) is 18.9 Å². The topological polar surface area (TPSA) is 55.1 Å². The summed E-state index contributed by atoms with van der Waals surface area (Å²) in [4.78, 5) is 12.1. The number of amides is 1. The summed E-state index contributed by atoms with van der Waals surface area (Å²) in [6, 6.07) is 0. The SMILES string of the molecule is CC(C)(N)C(C)(C)C(=O)NCCC1CCCC1. The van der Waals surface area contributed by atoms with Crippen molar-refractivity contribution in [2.24, 2.45) is 17.1 Å². The van der Waals surface area contributed by atoms with Gasteiger partial charge in [0.25, 0.3) is 0 Å². The van der Waals surface area contributed by atoms with Crippen molar-refractivity contribution >= 4 is 5.91 Å². The van der Waals surface area contributed by atoms with Gasteiger partial charge in [-0.25, -0.2) is 0 Å². The Labute approximate surface area is 106 Å². The quantitative estimate of drug-likeness (QED) is 0.775. The number of hydrogen-bond acceptors (Lipinski definition) is 2. The maximum Gasteiger partial charge on any atom is 0.227 e. The van der Waals surface area contributed by atoms with Gasteiger partial charge in [-0.2, -0.15) is 0 Å². The molecule has 1 fully saturated rings. The maximum atomic E-state index is 12.1. The van der Waals surface area contributed by atoms with E-state index in [2.05, 4.69) is 5.32 Å². The summed E-state index contributed by atoms with van der Waals surface area (Å²) in [7, 11) is 0. The van der Waals surface area contributed by atoms with Crippen LogP contribution in [0.3, 0.4) is 0 Å². The molecule has 17 heavy (non-hydrogen) atoms. The first kappa shape index (κ1) is 14.5. The molecule has 1 aliphatic carbocycles. The summed E-state index contributed by atoms with van der Waals surface area (Å²) in [5, 5.41) is 3.04. The molecule has 0 aromatic carbocycles. The predicted octanol–water partition coefficient (Wildman–Crippen LogP) is 2.45. The van der Waals surface area contributed by atoms with Gasteiger partial charge in [0.2, 0.25) is 5.91 Å². The highest BCUT2D eigenvalue weighted by molar-refractivity contribution is 5.83. The summed E-state index contributed by atoms with van der Waals surface area (Å²) in [5.41, 5.74) is 5.03. The highest BCUT2D eigenvalue weighted by Crippen LogP contribution is 2.29. The second-order valence-electron chi connectivity index (χ2n) is 6.54. The zero-order valence-electron chi connectivity index (χ0n) is 11.8. The van der Waals surface area contributed by atoms with Gasteiger partial charge < -0.3 is 11.1 Å². The molecule has 0 spiro atoms. The van der Waals surface area contributed by atoms with Crippen molar-refractivity contribution in [2.45, 2.75) is 65.3 Å². The molecule has 0 radical (unpaired) electrons. The Bertz CT molecular complexity index is 260. The van der Waals surface area contributed by atoms with E-state index < -0.39 is 11.0 Å². The van der Waals surface area contributed by atoms with E-state index in [1.807, 2.05) is 27.7 Å². The Morgan fingerprint density at radius 1 is 1.24 bits per heavy atom. The standard InChI is InChI=1S/C14H28N2O/c1-13(2,14(3,4)15)12(17)16-10-9-11-7-5-6-8-11/h11H,5-10,15H2,1-4H3,(H,16,17). The van der Waals surface area contributed by atoms with E-state index in [4.69, 9.17) is 5.73 Å². The molecule has 3 N–H and O–H groups in total. The summed E-state index contributed by atoms with van der Waals surface area (Å²) in [6.45, 7) is 8.44. The lowest BCUT2D eigenvalue weighted by atomic mass is 9.74. The van der Waals surface area contributed by atoms with E-state index in [9.17, 15) is 4.79 Å². The molecule has 1 aliphatic rings. The van der Waals surface area contributed by atoms with Crippen LogP contribution >= 0.6 is 0 Å². The van der Waals surface area contributed by atoms with Crippen molar-refractivity contribution in [2.75, 3.05) is 6.54 Å². The fraction of sp³-hybridized carbons (Fsp3) is 0.929. The van der Waals surface area contributed by atoms with Gasteiger partial charge in [-0.05, 0) is 40.0 Å². The van der Waals surface area contributed by atoms with Crippen molar-refractivity contribution in [3.63, 3.8) is 0 Å². The Morgan fingerprint density at radius 2 is 1.76 bits per heavy atom. The molecular formula is C14H28N2O. The molecule has 0 heterocycles. The van der Waals surface area contributed by atoms with Gasteiger partial charge >= 0.3 is 0 Å². The molecule has 1 saturated carbocycles. The van der Waals surface area contributed by atoms with Crippen LogP contribution in [-0.2, 0) is 4.79 Å². The number of carbonyl (C=O) groups excluding carboxylic acids is 1. The fourth-order valence-corrected chi connectivity index (χ4v) is 2.20. The lowest BCUT2D eigenvalue weighted by Gasteiger charge is -2.37. The lowest BCUT2D eigenvalue weighted by Crippen LogP contribution is -2.55. The Hall–Kier alpha value is -0.570. The number of nitrogens with two attached hydrogens (primary N) is 1. The van der Waals surface area contributed by atoms with Crippen LogP contribution in [0.2, 0.25) is 0 Å². The predicted molar refractivity (Wildman–Crippen MR) is 71.6 cm³/mol. The van der Waals surface area contributed by atoms with Crippen LogP contribution in [0.1, 0.15) is 59.8 Å². The zero-order chi connectivity index (χ0) is 13.1. The monoisotopic (exact) mass is 240 g/mol. The molecule has 3 nitrogen and oxygen atoms in total. The molecule has 0 unspecified atom stereocenters. The number of carbonyl (C=O) groups is 1. The minimum atomic E-state index is -0.525. The van der Waals surface area contributed by atoms with Gasteiger partial charge in [0.15, 0.2) is 0 Å². The summed E-state index contributed by atoms with van der Waals surface area (Å²) in [5.74, 6) is 0.896. The average molecular weight is 240 g/mol. The molecule has 0 aliphatic heterocycles. The van der Waals surface area contributed by atoms with Gasteiger partial charge in [-0.3, -0.25) is 4.79 Å². The number of nitrogens with one attached hydrogen (secondary N) is 1. The van der Waals surface area contributed by atoms with Gasteiger partial charge in [-0.1, -0.05) is 25.7 Å². The summed E-state index contributed by atoms with van der Waals surface area (Å²) < 4.78 is 0. The second kappa shape index (κ2) is 5.38. The Kier molecular flexibility index (Phi) is 4.59. The molecule has 0 bridgehead atoms. The van der Waals surface area contributed by atoms with E-state index >= 15 is 0 Å². The van der Waals surface area contributed by atoms with Crippen molar-refractivity contribution in [3.05, 3.63) is 0 Å². The smallest absolute Gasteiger partial charge is 0.227 e. The minimum absolute atomic E-state index is 0.0722. The third kappa shape index (κ3) is 3.70. The van der Waals surface area contributed by atoms with Crippen LogP contribution in [0, 0.1) is 11.3 Å². The van der Waals surface area contributed by atoms with Gasteiger partial charge in [-0.15, -0.1) is 0 Å². The van der Waals surface area contributed by atoms with Gasteiger partial charge in [0.05, 0.1) is 5.41 Å². The Balaban J connectivity index is 2.33. The van der Waals surface area contributed by atoms with Crippen molar-refractivity contribution in [3.8, 4) is 0 Å². The maximum absolute atomic E-state index is 12.1. The largest absolute Gasteiger partial charge is 0.356 e. The van der Waals surface area contributed by atoms with Crippen molar-refractivity contribution in [1.29, 1.82) is 0 Å². The second-order valence-corrected chi connectivity index (χ2v) is 6.54. The minimum Gasteiger partial charge on any atom is -0.356 e. The highest BCUT2D eigenvalue weighted by Gasteiger charge is 2.40. The first-order valence-corrected chi connectivity index (χ1v) is 6.82. The fourth-order valence-electron chi connectivity index (χ4n) is 2.20. The van der Waals surface area contributed by atoms with Crippen LogP contribution in [0.15, 0.2) is 0 Å². The first-order valence-electron chi connectivity index (χ1n) is 6.82. The van der Waals surface area contributed by atoms with Crippen LogP contribution in [0.25, 0.3) is 0 Å². The molecule has 0 saturated heterocycles. The Morgan fingerprint density at radius 3 is 2.24 bits per heavy atom. The first-order chi connectivity index (χ1) is 7.75. The highest BCUT2D eigenvalue weighted by atomic mass is 16.2. The van der Waals surface area contributed by atoms with Crippen molar-refractivity contribution < 1.29 is 4.79 Å². The van der Waals surface area contributed by atoms with Crippen LogP contribution < -0.4 is 11.1 Å². The van der Waals surface area contributed by atoms with Crippen LogP contribution in [0.4, 0.5) is 0 Å². The normalized spacial score (nSPS) is 18.4. The average Bonchev–Trinajstić information content (AvgIpc) is 2.68. The molecule has 1 rings (SSSR count). The summed E-state index contributed by atoms with van der Waals surface area (Å²) in [6.07, 6.45) is 6.51. The lowest BCUT2D eigenvalue weighted by molar-refractivity contribution is -0.132. The van der Waals surface area contributed by atoms with E-state index in [1.54, 1.807) is 0 Å². The van der Waals surface area contributed by atoms with Crippen molar-refractivity contribution in [1.82, 2.24) is 5.32 Å². The van der Waals surface area contributed by atoms with E-state index in [-0.39, 0.29) is 5.91 Å². The molecular weight excluding hydrogens is 212 g/mol. The zero-order valence-corrected chi connectivity index (χ0v) is 11.8. The molecule has 0 aromatic heterocycles. The molecule has 0 atom stereocenters. The number of rotatable bonds is 5. The molecule has 0 aromatic rings. The molecule has 3 heteroatoms. The number of hydrogen-bond donors (Lipinski definition) is 2. The van der Waals surface area contributed by atoms with Gasteiger partial charge in [0, 0.05) is 12.1 Å². The van der Waals surface area contributed by atoms with Crippen LogP contribution in [0.5, 0.6) is 0 Å². The third-order valence-corrected chi connectivity index (χ3v) is 4.49. The molecule has 1 amide bonds. The van der Waals surface area contributed by atoms with E-state index in [1.165, 1.54) is 25.7 Å². The third-order valence-electron chi connectivity index (χ3n) is 4.49. The van der Waals surface area contributed by atoms with E-state index in [0.29, 0.717) is 0 Å². The molecule has 100 valence electrons.